The molecule has 150 valence electrons. The van der Waals surface area contributed by atoms with Crippen LogP contribution in [-0.4, -0.2) is 26.0 Å². The Balaban J connectivity index is 0.000000363. The van der Waals surface area contributed by atoms with Crippen LogP contribution in [0.3, 0.4) is 0 Å². The summed E-state index contributed by atoms with van der Waals surface area (Å²) in [5.41, 5.74) is 7.94. The molecule has 1 aromatic carbocycles. The third-order valence-electron chi connectivity index (χ3n) is 5.58. The number of hydrogen-bond acceptors (Lipinski definition) is 3. The maximum absolute atomic E-state index is 11.0. The summed E-state index contributed by atoms with van der Waals surface area (Å²) in [4.78, 5) is 0. The molecular formula is C22H38FNOS. The predicted molar refractivity (Wildman–Crippen MR) is 113 cm³/mol. The number of rotatable bonds is 6. The molecule has 0 saturated heterocycles. The van der Waals surface area contributed by atoms with Gasteiger partial charge < -0.3 is 10.5 Å². The molecule has 0 aromatic heterocycles. The number of hydrogen-bond donors (Lipinski definition) is 1. The van der Waals surface area contributed by atoms with Gasteiger partial charge in [0.1, 0.15) is 0 Å². The first-order valence-corrected chi connectivity index (χ1v) is 11.1. The highest BCUT2D eigenvalue weighted by atomic mass is 32.2. The Hall–Kier alpha value is -0.580. The largest absolute Gasteiger partial charge is 0.384 e. The van der Waals surface area contributed by atoms with Crippen LogP contribution in [0.4, 0.5) is 3.89 Å². The first-order valence-electron chi connectivity index (χ1n) is 10.2. The molecule has 0 spiro atoms. The van der Waals surface area contributed by atoms with Crippen molar-refractivity contribution < 1.29 is 8.62 Å². The molecule has 4 atom stereocenters. The lowest BCUT2D eigenvalue weighted by Gasteiger charge is -2.36. The highest BCUT2D eigenvalue weighted by molar-refractivity contribution is 7.94. The Morgan fingerprint density at radius 3 is 2.38 bits per heavy atom. The molecule has 0 aliphatic heterocycles. The van der Waals surface area contributed by atoms with Gasteiger partial charge in [0.2, 0.25) is 0 Å². The van der Waals surface area contributed by atoms with Crippen LogP contribution in [-0.2, 0) is 4.74 Å². The number of halogens is 1. The molecule has 2 nitrogen and oxygen atoms in total. The molecule has 4 heteroatoms. The number of aryl methyl sites for hydroxylation is 1. The Morgan fingerprint density at radius 2 is 1.85 bits per heavy atom. The SMILES string of the molecule is CC.COCC1C2CCC(C2)CC1c1ccc(C)cc1.NCCCSF. The fourth-order valence-corrected chi connectivity index (χ4v) is 4.63. The van der Waals surface area contributed by atoms with Gasteiger partial charge in [0, 0.05) is 31.6 Å². The van der Waals surface area contributed by atoms with E-state index >= 15 is 0 Å². The summed E-state index contributed by atoms with van der Waals surface area (Å²) < 4.78 is 16.5. The number of ether oxygens (including phenoxy) is 1. The lowest BCUT2D eigenvalue weighted by Crippen LogP contribution is -2.29. The topological polar surface area (TPSA) is 35.2 Å². The van der Waals surface area contributed by atoms with E-state index in [1.807, 2.05) is 21.0 Å². The van der Waals surface area contributed by atoms with Gasteiger partial charge in [0.05, 0.1) is 0 Å². The van der Waals surface area contributed by atoms with Gasteiger partial charge in [0.15, 0.2) is 0 Å². The normalized spacial score (nSPS) is 26.4. The molecule has 0 heterocycles. The predicted octanol–water partition coefficient (Wildman–Crippen LogP) is 6.14. The van der Waals surface area contributed by atoms with Crippen LogP contribution in [0.2, 0.25) is 0 Å². The first kappa shape index (κ1) is 23.5. The maximum Gasteiger partial charge on any atom is 0.0499 e. The van der Waals surface area contributed by atoms with Gasteiger partial charge in [0.25, 0.3) is 0 Å². The number of nitrogens with two attached hydrogens (primary N) is 1. The van der Waals surface area contributed by atoms with Crippen molar-refractivity contribution in [1.82, 2.24) is 0 Å². The van der Waals surface area contributed by atoms with Gasteiger partial charge in [-0.05, 0) is 68.4 Å². The molecule has 4 unspecified atom stereocenters. The summed E-state index contributed by atoms with van der Waals surface area (Å²) in [5, 5.41) is 0. The highest BCUT2D eigenvalue weighted by Gasteiger charge is 2.42. The van der Waals surface area contributed by atoms with Crippen molar-refractivity contribution >= 4 is 12.1 Å². The second-order valence-electron chi connectivity index (χ2n) is 7.27. The fourth-order valence-electron chi connectivity index (χ4n) is 4.36. The Labute approximate surface area is 164 Å². The van der Waals surface area contributed by atoms with E-state index in [2.05, 4.69) is 31.2 Å². The molecule has 1 aromatic rings. The minimum absolute atomic E-state index is 0.346. The molecule has 26 heavy (non-hydrogen) atoms. The van der Waals surface area contributed by atoms with Gasteiger partial charge in [-0.1, -0.05) is 50.1 Å². The minimum atomic E-state index is 0.346. The molecule has 2 aliphatic rings. The first-order chi connectivity index (χ1) is 12.7. The van der Waals surface area contributed by atoms with Crippen LogP contribution in [0.5, 0.6) is 0 Å². The average molecular weight is 384 g/mol. The molecule has 0 amide bonds. The van der Waals surface area contributed by atoms with Gasteiger partial charge in [-0.3, -0.25) is 0 Å². The van der Waals surface area contributed by atoms with E-state index in [9.17, 15) is 3.89 Å². The van der Waals surface area contributed by atoms with E-state index in [0.717, 1.165) is 36.7 Å². The summed E-state index contributed by atoms with van der Waals surface area (Å²) in [6.07, 6.45) is 6.50. The lowest BCUT2D eigenvalue weighted by atomic mass is 9.70. The molecule has 2 bridgehead atoms. The summed E-state index contributed by atoms with van der Waals surface area (Å²) in [6, 6.07) is 9.20. The van der Waals surface area contributed by atoms with Crippen molar-refractivity contribution in [3.05, 3.63) is 35.4 Å². The lowest BCUT2D eigenvalue weighted by molar-refractivity contribution is 0.0830. The van der Waals surface area contributed by atoms with Crippen LogP contribution in [0, 0.1) is 24.7 Å². The third kappa shape index (κ3) is 7.21. The number of fused-ring (bicyclic) bond motifs is 2. The summed E-state index contributed by atoms with van der Waals surface area (Å²) in [5.74, 6) is 3.91. The molecule has 0 radical (unpaired) electrons. The fraction of sp³-hybridized carbons (Fsp3) is 0.727. The maximum atomic E-state index is 11.0. The Morgan fingerprint density at radius 1 is 1.15 bits per heavy atom. The molecule has 3 rings (SSSR count). The van der Waals surface area contributed by atoms with Crippen molar-refractivity contribution in [1.29, 1.82) is 0 Å². The average Bonchev–Trinajstić information content (AvgIpc) is 3.07. The van der Waals surface area contributed by atoms with Gasteiger partial charge in [-0.2, -0.15) is 3.89 Å². The zero-order valence-corrected chi connectivity index (χ0v) is 17.9. The second kappa shape index (κ2) is 13.6. The number of benzene rings is 1. The van der Waals surface area contributed by atoms with Crippen LogP contribution in [0.25, 0.3) is 0 Å². The van der Waals surface area contributed by atoms with Crippen LogP contribution < -0.4 is 5.73 Å². The zero-order valence-electron chi connectivity index (χ0n) is 17.0. The highest BCUT2D eigenvalue weighted by Crippen LogP contribution is 2.51. The van der Waals surface area contributed by atoms with Gasteiger partial charge in [-0.15, -0.1) is 0 Å². The number of methoxy groups -OCH3 is 1. The quantitative estimate of drug-likeness (QED) is 0.599. The molecular weight excluding hydrogens is 345 g/mol. The van der Waals surface area contributed by atoms with Crippen LogP contribution in [0.1, 0.15) is 63.0 Å². The summed E-state index contributed by atoms with van der Waals surface area (Å²) in [6.45, 7) is 7.70. The molecule has 2 N–H and O–H groups in total. The van der Waals surface area contributed by atoms with E-state index in [1.165, 1.54) is 31.2 Å². The second-order valence-corrected chi connectivity index (χ2v) is 7.89. The van der Waals surface area contributed by atoms with E-state index < -0.39 is 0 Å². The van der Waals surface area contributed by atoms with Crippen molar-refractivity contribution in [2.75, 3.05) is 26.0 Å². The summed E-state index contributed by atoms with van der Waals surface area (Å²) in [7, 11) is 1.85. The van der Waals surface area contributed by atoms with Crippen molar-refractivity contribution in [3.8, 4) is 0 Å². The Kier molecular flexibility index (Phi) is 12.2. The molecule has 2 aliphatic carbocycles. The van der Waals surface area contributed by atoms with Crippen LogP contribution >= 0.6 is 12.1 Å². The molecule has 2 fully saturated rings. The Bertz CT molecular complexity index is 464. The summed E-state index contributed by atoms with van der Waals surface area (Å²) >= 11 is 0.346. The van der Waals surface area contributed by atoms with E-state index in [4.69, 9.17) is 10.5 Å². The van der Waals surface area contributed by atoms with Crippen molar-refractivity contribution in [2.24, 2.45) is 23.5 Å². The van der Waals surface area contributed by atoms with Crippen molar-refractivity contribution in [2.45, 2.75) is 58.8 Å². The smallest absolute Gasteiger partial charge is 0.0499 e. The van der Waals surface area contributed by atoms with Gasteiger partial charge >= 0.3 is 0 Å². The molecule has 2 saturated carbocycles. The van der Waals surface area contributed by atoms with E-state index in [1.54, 1.807) is 5.56 Å². The van der Waals surface area contributed by atoms with E-state index in [-0.39, 0.29) is 0 Å². The van der Waals surface area contributed by atoms with Gasteiger partial charge in [-0.25, -0.2) is 0 Å². The standard InChI is InChI=1S/C17H24O.C3H8FNS.C2H6/c1-12-3-6-14(7-4-12)16-10-13-5-8-15(9-13)17(16)11-18-2;4-6-3-1-2-5;1-2/h3-4,6-7,13,15-17H,5,8-11H2,1-2H3;1-3,5H2;1-2H3. The monoisotopic (exact) mass is 383 g/mol. The third-order valence-corrected chi connectivity index (χ3v) is 6.02. The van der Waals surface area contributed by atoms with E-state index in [0.29, 0.717) is 24.4 Å². The minimum Gasteiger partial charge on any atom is -0.384 e. The van der Waals surface area contributed by atoms with Crippen molar-refractivity contribution in [3.63, 3.8) is 0 Å². The zero-order chi connectivity index (χ0) is 19.4. The van der Waals surface area contributed by atoms with Crippen LogP contribution in [0.15, 0.2) is 24.3 Å².